The summed E-state index contributed by atoms with van der Waals surface area (Å²) < 4.78 is 41.8. The first-order valence-electron chi connectivity index (χ1n) is 7.22. The SMILES string of the molecule is COc1ccc(NC(=O)CS(=O)(=O)CC(=O)c2ccc(F)cc2)cc1. The highest BCUT2D eigenvalue weighted by Gasteiger charge is 2.22. The highest BCUT2D eigenvalue weighted by molar-refractivity contribution is 7.92. The number of hydrogen-bond acceptors (Lipinski definition) is 5. The molecule has 0 unspecified atom stereocenters. The van der Waals surface area contributed by atoms with Crippen LogP contribution in [0.4, 0.5) is 10.1 Å². The first-order valence-corrected chi connectivity index (χ1v) is 9.04. The normalized spacial score (nSPS) is 11.0. The van der Waals surface area contributed by atoms with Crippen LogP contribution in [-0.4, -0.2) is 38.7 Å². The number of ether oxygens (including phenoxy) is 1. The molecule has 0 atom stereocenters. The van der Waals surface area contributed by atoms with Gasteiger partial charge in [0.05, 0.1) is 7.11 Å². The van der Waals surface area contributed by atoms with Crippen LogP contribution in [0.5, 0.6) is 5.75 Å². The van der Waals surface area contributed by atoms with Crippen LogP contribution in [0, 0.1) is 5.82 Å². The minimum atomic E-state index is -3.95. The fourth-order valence-electron chi connectivity index (χ4n) is 2.04. The van der Waals surface area contributed by atoms with Crippen LogP contribution >= 0.6 is 0 Å². The molecule has 2 aromatic rings. The number of methoxy groups -OCH3 is 1. The molecule has 6 nitrogen and oxygen atoms in total. The molecule has 0 saturated carbocycles. The third-order valence-corrected chi connectivity index (χ3v) is 4.65. The number of amides is 1. The van der Waals surface area contributed by atoms with Gasteiger partial charge in [0.15, 0.2) is 15.6 Å². The molecule has 1 N–H and O–H groups in total. The summed E-state index contributed by atoms with van der Waals surface area (Å²) in [6, 6.07) is 10.9. The van der Waals surface area contributed by atoms with E-state index in [1.165, 1.54) is 19.2 Å². The molecule has 1 amide bonds. The molecule has 0 saturated heterocycles. The van der Waals surface area contributed by atoms with E-state index in [-0.39, 0.29) is 5.56 Å². The molecule has 2 aromatic carbocycles. The number of halogens is 1. The van der Waals surface area contributed by atoms with E-state index in [2.05, 4.69) is 5.32 Å². The lowest BCUT2D eigenvalue weighted by molar-refractivity contribution is -0.113. The largest absolute Gasteiger partial charge is 0.497 e. The second kappa shape index (κ2) is 7.89. The fourth-order valence-corrected chi connectivity index (χ4v) is 3.18. The van der Waals surface area contributed by atoms with Crippen molar-refractivity contribution in [2.45, 2.75) is 0 Å². The molecular formula is C17H16FNO5S. The van der Waals surface area contributed by atoms with Crippen molar-refractivity contribution in [2.75, 3.05) is 23.9 Å². The Hall–Kier alpha value is -2.74. The van der Waals surface area contributed by atoms with Gasteiger partial charge >= 0.3 is 0 Å². The van der Waals surface area contributed by atoms with Gasteiger partial charge in [-0.05, 0) is 48.5 Å². The number of carbonyl (C=O) groups is 2. The van der Waals surface area contributed by atoms with E-state index in [1.54, 1.807) is 24.3 Å². The van der Waals surface area contributed by atoms with Crippen molar-refractivity contribution in [3.05, 3.63) is 59.9 Å². The van der Waals surface area contributed by atoms with Crippen LogP contribution in [0.25, 0.3) is 0 Å². The maximum absolute atomic E-state index is 12.8. The first kappa shape index (κ1) is 18.6. The minimum absolute atomic E-state index is 0.0699. The third-order valence-electron chi connectivity index (χ3n) is 3.24. The Morgan fingerprint density at radius 2 is 1.60 bits per heavy atom. The van der Waals surface area contributed by atoms with Gasteiger partial charge in [0.1, 0.15) is 23.1 Å². The van der Waals surface area contributed by atoms with Gasteiger partial charge in [-0.2, -0.15) is 0 Å². The Kier molecular flexibility index (Phi) is 5.87. The molecular weight excluding hydrogens is 349 g/mol. The Bertz CT molecular complexity index is 861. The van der Waals surface area contributed by atoms with Gasteiger partial charge in [-0.1, -0.05) is 0 Å². The number of Topliss-reactive ketones (excluding diaryl/α,β-unsaturated/α-hetero) is 1. The van der Waals surface area contributed by atoms with E-state index in [9.17, 15) is 22.4 Å². The Labute approximate surface area is 144 Å². The zero-order chi connectivity index (χ0) is 18.4. The molecule has 0 aliphatic carbocycles. The summed E-state index contributed by atoms with van der Waals surface area (Å²) in [6.07, 6.45) is 0. The highest BCUT2D eigenvalue weighted by atomic mass is 32.2. The molecule has 0 aliphatic heterocycles. The number of rotatable bonds is 7. The molecule has 8 heteroatoms. The molecule has 0 radical (unpaired) electrons. The van der Waals surface area contributed by atoms with Gasteiger partial charge in [-0.15, -0.1) is 0 Å². The third kappa shape index (κ3) is 5.68. The summed E-state index contributed by atoms with van der Waals surface area (Å²) in [5.74, 6) is -3.04. The summed E-state index contributed by atoms with van der Waals surface area (Å²) in [4.78, 5) is 23.8. The number of carbonyl (C=O) groups excluding carboxylic acids is 2. The van der Waals surface area contributed by atoms with Crippen molar-refractivity contribution in [3.63, 3.8) is 0 Å². The van der Waals surface area contributed by atoms with E-state index in [0.29, 0.717) is 11.4 Å². The summed E-state index contributed by atoms with van der Waals surface area (Å²) >= 11 is 0. The van der Waals surface area contributed by atoms with Crippen molar-refractivity contribution in [1.82, 2.24) is 0 Å². The van der Waals surface area contributed by atoms with Crippen molar-refractivity contribution in [2.24, 2.45) is 0 Å². The fraction of sp³-hybridized carbons (Fsp3) is 0.176. The average Bonchev–Trinajstić information content (AvgIpc) is 2.55. The summed E-state index contributed by atoms with van der Waals surface area (Å²) in [5, 5.41) is 2.44. The summed E-state index contributed by atoms with van der Waals surface area (Å²) in [7, 11) is -2.45. The van der Waals surface area contributed by atoms with E-state index >= 15 is 0 Å². The second-order valence-corrected chi connectivity index (χ2v) is 7.30. The van der Waals surface area contributed by atoms with Crippen LogP contribution in [0.2, 0.25) is 0 Å². The maximum Gasteiger partial charge on any atom is 0.239 e. The Balaban J connectivity index is 1.96. The molecule has 25 heavy (non-hydrogen) atoms. The number of benzene rings is 2. The number of anilines is 1. The van der Waals surface area contributed by atoms with Crippen LogP contribution in [0.1, 0.15) is 10.4 Å². The zero-order valence-electron chi connectivity index (χ0n) is 13.4. The maximum atomic E-state index is 12.8. The van der Waals surface area contributed by atoms with Gasteiger partial charge in [-0.25, -0.2) is 12.8 Å². The van der Waals surface area contributed by atoms with Crippen LogP contribution in [0.15, 0.2) is 48.5 Å². The van der Waals surface area contributed by atoms with Gasteiger partial charge in [0.2, 0.25) is 5.91 Å². The predicted octanol–water partition coefficient (Wildman–Crippen LogP) is 2.07. The number of ketones is 1. The second-order valence-electron chi connectivity index (χ2n) is 5.24. The quantitative estimate of drug-likeness (QED) is 0.759. The van der Waals surface area contributed by atoms with E-state index in [0.717, 1.165) is 12.1 Å². The molecule has 0 fully saturated rings. The molecule has 2 rings (SSSR count). The molecule has 0 heterocycles. The van der Waals surface area contributed by atoms with Gasteiger partial charge in [0, 0.05) is 11.3 Å². The summed E-state index contributed by atoms with van der Waals surface area (Å²) in [6.45, 7) is 0. The molecule has 132 valence electrons. The molecule has 0 spiro atoms. The standard InChI is InChI=1S/C17H16FNO5S/c1-24-15-8-6-14(7-9-15)19-17(21)11-25(22,23)10-16(20)12-2-4-13(18)5-3-12/h2-9H,10-11H2,1H3,(H,19,21). The Morgan fingerprint density at radius 3 is 2.16 bits per heavy atom. The average molecular weight is 365 g/mol. The number of hydrogen-bond donors (Lipinski definition) is 1. The lowest BCUT2D eigenvalue weighted by Gasteiger charge is -2.07. The molecule has 0 aromatic heterocycles. The Morgan fingerprint density at radius 1 is 1.00 bits per heavy atom. The molecule has 0 aliphatic rings. The lowest BCUT2D eigenvalue weighted by Crippen LogP contribution is -2.27. The topological polar surface area (TPSA) is 89.5 Å². The van der Waals surface area contributed by atoms with Gasteiger partial charge in [0.25, 0.3) is 0 Å². The van der Waals surface area contributed by atoms with Crippen molar-refractivity contribution < 1.29 is 27.1 Å². The monoisotopic (exact) mass is 365 g/mol. The zero-order valence-corrected chi connectivity index (χ0v) is 14.2. The van der Waals surface area contributed by atoms with Gasteiger partial charge < -0.3 is 10.1 Å². The predicted molar refractivity (Wildman–Crippen MR) is 91.0 cm³/mol. The van der Waals surface area contributed by atoms with Crippen molar-refractivity contribution in [3.8, 4) is 5.75 Å². The smallest absolute Gasteiger partial charge is 0.239 e. The van der Waals surface area contributed by atoms with E-state index in [4.69, 9.17) is 4.74 Å². The highest BCUT2D eigenvalue weighted by Crippen LogP contribution is 2.15. The van der Waals surface area contributed by atoms with Crippen molar-refractivity contribution >= 4 is 27.2 Å². The lowest BCUT2D eigenvalue weighted by atomic mass is 10.1. The van der Waals surface area contributed by atoms with Crippen LogP contribution < -0.4 is 10.1 Å². The van der Waals surface area contributed by atoms with Crippen LogP contribution in [-0.2, 0) is 14.6 Å². The van der Waals surface area contributed by atoms with E-state index < -0.39 is 38.9 Å². The summed E-state index contributed by atoms with van der Waals surface area (Å²) in [5.41, 5.74) is 0.478. The van der Waals surface area contributed by atoms with Gasteiger partial charge in [-0.3, -0.25) is 9.59 Å². The number of sulfone groups is 1. The molecule has 0 bridgehead atoms. The number of nitrogens with one attached hydrogen (secondary N) is 1. The van der Waals surface area contributed by atoms with Crippen molar-refractivity contribution in [1.29, 1.82) is 0 Å². The first-order chi connectivity index (χ1) is 11.8. The van der Waals surface area contributed by atoms with Crippen LogP contribution in [0.3, 0.4) is 0 Å². The van der Waals surface area contributed by atoms with E-state index in [1.807, 2.05) is 0 Å². The minimum Gasteiger partial charge on any atom is -0.497 e.